The lowest BCUT2D eigenvalue weighted by Crippen LogP contribution is -2.06. The molecule has 0 amide bonds. The maximum atomic E-state index is 5.23. The molecule has 2 N–H and O–H groups in total. The first kappa shape index (κ1) is 10.3. The molecular formula is C9H17NO4. The first-order valence-electron chi connectivity index (χ1n) is 5.01. The van der Waals surface area contributed by atoms with Crippen molar-refractivity contribution in [2.24, 2.45) is 5.73 Å². The summed E-state index contributed by atoms with van der Waals surface area (Å²) in [7, 11) is 0. The summed E-state index contributed by atoms with van der Waals surface area (Å²) in [4.78, 5) is 0. The first-order chi connectivity index (χ1) is 6.88. The summed E-state index contributed by atoms with van der Waals surface area (Å²) in [5, 5.41) is 0. The standard InChI is InChI=1S/C6H10O3.C3H7NO/c1(5-3-8-5)7-2-6-4-9-6;4-1-3-2-5-3/h5-6H,1-4H2;3H,1-2,4H2. The minimum atomic E-state index is 0.392. The van der Waals surface area contributed by atoms with Crippen molar-refractivity contribution >= 4 is 0 Å². The summed E-state index contributed by atoms with van der Waals surface area (Å²) < 4.78 is 19.9. The van der Waals surface area contributed by atoms with Crippen LogP contribution in [0, 0.1) is 0 Å². The van der Waals surface area contributed by atoms with Crippen LogP contribution in [0.1, 0.15) is 0 Å². The van der Waals surface area contributed by atoms with Crippen molar-refractivity contribution in [3.63, 3.8) is 0 Å². The van der Waals surface area contributed by atoms with Crippen LogP contribution in [-0.4, -0.2) is 57.9 Å². The van der Waals surface area contributed by atoms with Gasteiger partial charge in [-0.1, -0.05) is 0 Å². The fraction of sp³-hybridized carbons (Fsp3) is 1.00. The minimum Gasteiger partial charge on any atom is -0.376 e. The maximum absolute atomic E-state index is 5.23. The topological polar surface area (TPSA) is 72.8 Å². The third kappa shape index (κ3) is 4.88. The molecule has 0 saturated carbocycles. The summed E-state index contributed by atoms with van der Waals surface area (Å²) in [5.41, 5.74) is 5.11. The summed E-state index contributed by atoms with van der Waals surface area (Å²) in [6.07, 6.45) is 1.20. The van der Waals surface area contributed by atoms with Crippen LogP contribution in [0.25, 0.3) is 0 Å². The highest BCUT2D eigenvalue weighted by Crippen LogP contribution is 2.12. The summed E-state index contributed by atoms with van der Waals surface area (Å²) in [5.74, 6) is 0. The molecule has 0 aromatic carbocycles. The molecule has 0 radical (unpaired) electrons. The Kier molecular flexibility index (Phi) is 3.72. The highest BCUT2D eigenvalue weighted by atomic mass is 16.6. The zero-order valence-electron chi connectivity index (χ0n) is 8.19. The summed E-state index contributed by atoms with van der Waals surface area (Å²) in [6, 6.07) is 0. The molecule has 0 spiro atoms. The third-order valence-corrected chi connectivity index (χ3v) is 2.08. The van der Waals surface area contributed by atoms with Gasteiger partial charge in [0.25, 0.3) is 0 Å². The fourth-order valence-corrected chi connectivity index (χ4v) is 0.864. The van der Waals surface area contributed by atoms with Crippen LogP contribution in [0.3, 0.4) is 0 Å². The second-order valence-corrected chi connectivity index (χ2v) is 3.64. The Bertz CT molecular complexity index is 154. The van der Waals surface area contributed by atoms with Crippen LogP contribution in [0.4, 0.5) is 0 Å². The average Bonchev–Trinajstić information content (AvgIpc) is 2.96. The normalized spacial score (nSPS) is 37.1. The van der Waals surface area contributed by atoms with Gasteiger partial charge in [0, 0.05) is 6.54 Å². The van der Waals surface area contributed by atoms with Crippen molar-refractivity contribution in [2.75, 3.05) is 39.6 Å². The molecule has 3 unspecified atom stereocenters. The molecule has 3 saturated heterocycles. The number of epoxide rings is 3. The van der Waals surface area contributed by atoms with Crippen LogP contribution >= 0.6 is 0 Å². The van der Waals surface area contributed by atoms with Crippen LogP contribution in [0.2, 0.25) is 0 Å². The number of ether oxygens (including phenoxy) is 4. The molecule has 82 valence electrons. The van der Waals surface area contributed by atoms with Gasteiger partial charge in [-0.15, -0.1) is 0 Å². The Labute approximate surface area is 83.4 Å². The van der Waals surface area contributed by atoms with E-state index in [-0.39, 0.29) is 0 Å². The number of rotatable bonds is 5. The molecule has 5 heteroatoms. The monoisotopic (exact) mass is 203 g/mol. The molecule has 3 heterocycles. The van der Waals surface area contributed by atoms with Gasteiger partial charge in [0.1, 0.15) is 12.2 Å². The van der Waals surface area contributed by atoms with Gasteiger partial charge in [-0.3, -0.25) is 0 Å². The van der Waals surface area contributed by atoms with Crippen LogP contribution < -0.4 is 5.73 Å². The quantitative estimate of drug-likeness (QED) is 0.589. The molecular weight excluding hydrogens is 186 g/mol. The Hall–Kier alpha value is -0.200. The SMILES string of the molecule is C(OCC1CO1)C1CO1.NCC1CO1. The molecule has 3 fully saturated rings. The largest absolute Gasteiger partial charge is 0.376 e. The minimum absolute atomic E-state index is 0.392. The highest BCUT2D eigenvalue weighted by Gasteiger charge is 2.26. The summed E-state index contributed by atoms with van der Waals surface area (Å²) in [6.45, 7) is 4.84. The van der Waals surface area contributed by atoms with Crippen molar-refractivity contribution < 1.29 is 18.9 Å². The summed E-state index contributed by atoms with van der Waals surface area (Å²) >= 11 is 0. The van der Waals surface area contributed by atoms with Crippen molar-refractivity contribution in [1.29, 1.82) is 0 Å². The highest BCUT2D eigenvalue weighted by molar-refractivity contribution is 4.71. The second kappa shape index (κ2) is 5.04. The van der Waals surface area contributed by atoms with Crippen LogP contribution in [0.5, 0.6) is 0 Å². The molecule has 3 aliphatic rings. The number of hydrogen-bond donors (Lipinski definition) is 1. The Morgan fingerprint density at radius 1 is 0.929 bits per heavy atom. The molecule has 0 aromatic heterocycles. The lowest BCUT2D eigenvalue weighted by atomic mass is 10.5. The molecule has 3 aliphatic heterocycles. The van der Waals surface area contributed by atoms with Gasteiger partial charge in [0.15, 0.2) is 0 Å². The first-order valence-corrected chi connectivity index (χ1v) is 5.01. The van der Waals surface area contributed by atoms with E-state index in [0.717, 1.165) is 33.0 Å². The van der Waals surface area contributed by atoms with Gasteiger partial charge in [0.2, 0.25) is 0 Å². The number of hydrogen-bond acceptors (Lipinski definition) is 5. The molecule has 0 bridgehead atoms. The van der Waals surface area contributed by atoms with E-state index in [2.05, 4.69) is 0 Å². The third-order valence-electron chi connectivity index (χ3n) is 2.08. The lowest BCUT2D eigenvalue weighted by molar-refractivity contribution is 0.102. The van der Waals surface area contributed by atoms with Gasteiger partial charge in [-0.05, 0) is 0 Å². The van der Waals surface area contributed by atoms with Crippen molar-refractivity contribution in [3.05, 3.63) is 0 Å². The molecule has 0 aliphatic carbocycles. The molecule has 14 heavy (non-hydrogen) atoms. The van der Waals surface area contributed by atoms with Gasteiger partial charge in [-0.25, -0.2) is 0 Å². The van der Waals surface area contributed by atoms with Crippen molar-refractivity contribution in [3.8, 4) is 0 Å². The molecule has 3 atom stereocenters. The van der Waals surface area contributed by atoms with Crippen LogP contribution in [0.15, 0.2) is 0 Å². The number of nitrogens with two attached hydrogens (primary N) is 1. The van der Waals surface area contributed by atoms with E-state index in [1.165, 1.54) is 0 Å². The zero-order chi connectivity index (χ0) is 9.80. The van der Waals surface area contributed by atoms with E-state index in [0.29, 0.717) is 24.9 Å². The predicted octanol–water partition coefficient (Wildman–Crippen LogP) is -0.855. The lowest BCUT2D eigenvalue weighted by Gasteiger charge is -1.95. The van der Waals surface area contributed by atoms with Gasteiger partial charge in [-0.2, -0.15) is 0 Å². The average molecular weight is 203 g/mol. The second-order valence-electron chi connectivity index (χ2n) is 3.64. The van der Waals surface area contributed by atoms with Crippen molar-refractivity contribution in [2.45, 2.75) is 18.3 Å². The Morgan fingerprint density at radius 3 is 1.57 bits per heavy atom. The predicted molar refractivity (Wildman–Crippen MR) is 49.1 cm³/mol. The maximum Gasteiger partial charge on any atom is 0.104 e. The van der Waals surface area contributed by atoms with E-state index in [1.54, 1.807) is 0 Å². The van der Waals surface area contributed by atoms with Gasteiger partial charge < -0.3 is 24.7 Å². The fourth-order valence-electron chi connectivity index (χ4n) is 0.864. The van der Waals surface area contributed by atoms with Crippen LogP contribution in [-0.2, 0) is 18.9 Å². The van der Waals surface area contributed by atoms with E-state index < -0.39 is 0 Å². The molecule has 5 nitrogen and oxygen atoms in total. The molecule has 0 aromatic rings. The van der Waals surface area contributed by atoms with E-state index >= 15 is 0 Å². The Morgan fingerprint density at radius 2 is 1.36 bits per heavy atom. The van der Waals surface area contributed by atoms with E-state index in [9.17, 15) is 0 Å². The Balaban J connectivity index is 0.000000128. The van der Waals surface area contributed by atoms with Gasteiger partial charge in [0.05, 0.1) is 39.1 Å². The molecule has 3 rings (SSSR count). The smallest absolute Gasteiger partial charge is 0.104 e. The van der Waals surface area contributed by atoms with E-state index in [4.69, 9.17) is 24.7 Å². The van der Waals surface area contributed by atoms with Gasteiger partial charge >= 0.3 is 0 Å². The zero-order valence-corrected chi connectivity index (χ0v) is 8.19. The van der Waals surface area contributed by atoms with Crippen molar-refractivity contribution in [1.82, 2.24) is 0 Å². The van der Waals surface area contributed by atoms with E-state index in [1.807, 2.05) is 0 Å².